The molecule has 1 heterocycles. The highest BCUT2D eigenvalue weighted by atomic mass is 19.1. The Morgan fingerprint density at radius 1 is 1.00 bits per heavy atom. The van der Waals surface area contributed by atoms with Crippen LogP contribution in [0.1, 0.15) is 31.0 Å². The van der Waals surface area contributed by atoms with Crippen molar-refractivity contribution in [3.8, 4) is 11.8 Å². The summed E-state index contributed by atoms with van der Waals surface area (Å²) in [7, 11) is 0. The molecule has 1 aromatic heterocycles. The summed E-state index contributed by atoms with van der Waals surface area (Å²) in [5.74, 6) is 4.15. The molecule has 2 aromatic rings. The summed E-state index contributed by atoms with van der Waals surface area (Å²) in [4.78, 5) is 11.6. The lowest BCUT2D eigenvalue weighted by Gasteiger charge is -2.08. The third kappa shape index (κ3) is 3.33. The fourth-order valence-electron chi connectivity index (χ4n) is 1.75. The van der Waals surface area contributed by atoms with E-state index in [0.717, 1.165) is 18.2 Å². The largest absolute Gasteiger partial charge is 0.312 e. The Hall–Kier alpha value is -2.41. The summed E-state index contributed by atoms with van der Waals surface area (Å²) in [6.45, 7) is 3.78. The fourth-order valence-corrected chi connectivity index (χ4v) is 1.75. The van der Waals surface area contributed by atoms with Crippen LogP contribution in [0.15, 0.2) is 41.3 Å². The molecule has 4 heteroatoms. The molecule has 0 radical (unpaired) electrons. The monoisotopic (exact) mass is 273 g/mol. The van der Waals surface area contributed by atoms with Crippen molar-refractivity contribution in [1.82, 2.24) is 4.57 Å². The first-order valence-corrected chi connectivity index (χ1v) is 6.16. The molecule has 102 valence electrons. The molecule has 0 saturated carbocycles. The number of benzene rings is 1. The van der Waals surface area contributed by atoms with Gasteiger partial charge in [0.1, 0.15) is 11.6 Å². The third-order valence-corrected chi connectivity index (χ3v) is 2.71. The highest BCUT2D eigenvalue weighted by Crippen LogP contribution is 2.07. The summed E-state index contributed by atoms with van der Waals surface area (Å²) >= 11 is 0. The Balaban J connectivity index is 2.38. The Bertz CT molecular complexity index is 731. The number of aromatic nitrogens is 1. The normalized spacial score (nSPS) is 10.2. The summed E-state index contributed by atoms with van der Waals surface area (Å²) in [6.07, 6.45) is 1.63. The van der Waals surface area contributed by atoms with Crippen molar-refractivity contribution in [3.63, 3.8) is 0 Å². The van der Waals surface area contributed by atoms with Gasteiger partial charge in [0.05, 0.1) is 0 Å². The average Bonchev–Trinajstić information content (AvgIpc) is 2.36. The van der Waals surface area contributed by atoms with Crippen LogP contribution in [0.25, 0.3) is 0 Å². The standard InChI is InChI=1S/C16H13F2NO/c1-11(2)19-10-12(5-6-16(19)20)3-4-13-7-14(17)9-15(18)8-13/h5-11H,1-2H3. The van der Waals surface area contributed by atoms with E-state index in [1.807, 2.05) is 13.8 Å². The van der Waals surface area contributed by atoms with Crippen LogP contribution >= 0.6 is 0 Å². The number of hydrogen-bond acceptors (Lipinski definition) is 1. The van der Waals surface area contributed by atoms with Gasteiger partial charge in [-0.25, -0.2) is 8.78 Å². The van der Waals surface area contributed by atoms with E-state index in [4.69, 9.17) is 0 Å². The predicted octanol–water partition coefficient (Wildman–Crippen LogP) is 3.11. The van der Waals surface area contributed by atoms with Gasteiger partial charge >= 0.3 is 0 Å². The van der Waals surface area contributed by atoms with E-state index in [9.17, 15) is 13.6 Å². The maximum Gasteiger partial charge on any atom is 0.250 e. The molecule has 0 aliphatic rings. The van der Waals surface area contributed by atoms with E-state index in [2.05, 4.69) is 11.8 Å². The summed E-state index contributed by atoms with van der Waals surface area (Å²) in [5.41, 5.74) is 0.759. The molecular weight excluding hydrogens is 260 g/mol. The van der Waals surface area contributed by atoms with E-state index >= 15 is 0 Å². The summed E-state index contributed by atoms with van der Waals surface area (Å²) in [6, 6.07) is 6.16. The van der Waals surface area contributed by atoms with Gasteiger partial charge in [-0.1, -0.05) is 11.8 Å². The first-order chi connectivity index (χ1) is 9.45. The van der Waals surface area contributed by atoms with E-state index < -0.39 is 11.6 Å². The van der Waals surface area contributed by atoms with Crippen molar-refractivity contribution >= 4 is 0 Å². The number of halogens is 2. The van der Waals surface area contributed by atoms with E-state index in [-0.39, 0.29) is 17.2 Å². The zero-order valence-corrected chi connectivity index (χ0v) is 11.2. The molecule has 0 amide bonds. The second-order valence-electron chi connectivity index (χ2n) is 4.67. The van der Waals surface area contributed by atoms with E-state index in [0.29, 0.717) is 5.56 Å². The Labute approximate surface area is 115 Å². The van der Waals surface area contributed by atoms with Gasteiger partial charge in [0.2, 0.25) is 0 Å². The van der Waals surface area contributed by atoms with Crippen molar-refractivity contribution in [2.24, 2.45) is 0 Å². The van der Waals surface area contributed by atoms with Crippen LogP contribution in [0.5, 0.6) is 0 Å². The second kappa shape index (κ2) is 5.70. The van der Waals surface area contributed by atoms with Gasteiger partial charge in [-0.15, -0.1) is 0 Å². The number of nitrogens with zero attached hydrogens (tertiary/aromatic N) is 1. The van der Waals surface area contributed by atoms with Crippen molar-refractivity contribution in [3.05, 3.63) is 69.6 Å². The van der Waals surface area contributed by atoms with Crippen molar-refractivity contribution in [2.45, 2.75) is 19.9 Å². The van der Waals surface area contributed by atoms with Crippen LogP contribution in [0.2, 0.25) is 0 Å². The van der Waals surface area contributed by atoms with E-state index in [1.54, 1.807) is 16.8 Å². The Morgan fingerprint density at radius 2 is 1.60 bits per heavy atom. The molecule has 2 rings (SSSR count). The lowest BCUT2D eigenvalue weighted by molar-refractivity contribution is 0.577. The van der Waals surface area contributed by atoms with Crippen LogP contribution < -0.4 is 5.56 Å². The molecule has 1 aromatic carbocycles. The van der Waals surface area contributed by atoms with Gasteiger partial charge in [-0.05, 0) is 32.0 Å². The van der Waals surface area contributed by atoms with Crippen LogP contribution in [0, 0.1) is 23.5 Å². The number of rotatable bonds is 1. The van der Waals surface area contributed by atoms with Crippen molar-refractivity contribution in [2.75, 3.05) is 0 Å². The highest BCUT2D eigenvalue weighted by Gasteiger charge is 2.01. The maximum absolute atomic E-state index is 13.0. The van der Waals surface area contributed by atoms with Gasteiger partial charge < -0.3 is 4.57 Å². The predicted molar refractivity (Wildman–Crippen MR) is 73.4 cm³/mol. The minimum absolute atomic E-state index is 0.0239. The molecule has 0 spiro atoms. The minimum atomic E-state index is -0.665. The van der Waals surface area contributed by atoms with Gasteiger partial charge in [0.15, 0.2) is 0 Å². The molecule has 0 saturated heterocycles. The molecule has 2 nitrogen and oxygen atoms in total. The summed E-state index contributed by atoms with van der Waals surface area (Å²) < 4.78 is 27.6. The number of hydrogen-bond donors (Lipinski definition) is 0. The first-order valence-electron chi connectivity index (χ1n) is 6.16. The first kappa shape index (κ1) is 14.0. The van der Waals surface area contributed by atoms with Crippen LogP contribution in [-0.2, 0) is 0 Å². The minimum Gasteiger partial charge on any atom is -0.312 e. The van der Waals surface area contributed by atoms with Gasteiger partial charge in [0, 0.05) is 35.5 Å². The summed E-state index contributed by atoms with van der Waals surface area (Å²) in [5, 5.41) is 0. The molecule has 0 N–H and O–H groups in total. The molecule has 0 unspecified atom stereocenters. The molecule has 0 fully saturated rings. The maximum atomic E-state index is 13.0. The van der Waals surface area contributed by atoms with Crippen LogP contribution in [0.3, 0.4) is 0 Å². The zero-order valence-electron chi connectivity index (χ0n) is 11.2. The molecule has 20 heavy (non-hydrogen) atoms. The van der Waals surface area contributed by atoms with Gasteiger partial charge in [-0.3, -0.25) is 4.79 Å². The van der Waals surface area contributed by atoms with Crippen molar-refractivity contribution < 1.29 is 8.78 Å². The molecular formula is C16H13F2NO. The van der Waals surface area contributed by atoms with E-state index in [1.165, 1.54) is 6.07 Å². The molecule has 0 aliphatic heterocycles. The Kier molecular flexibility index (Phi) is 3.99. The highest BCUT2D eigenvalue weighted by molar-refractivity contribution is 5.42. The average molecular weight is 273 g/mol. The third-order valence-electron chi connectivity index (χ3n) is 2.71. The zero-order chi connectivity index (χ0) is 14.7. The van der Waals surface area contributed by atoms with Gasteiger partial charge in [-0.2, -0.15) is 0 Å². The molecule has 0 atom stereocenters. The SMILES string of the molecule is CC(C)n1cc(C#Cc2cc(F)cc(F)c2)ccc1=O. The number of pyridine rings is 1. The quantitative estimate of drug-likeness (QED) is 0.732. The fraction of sp³-hybridized carbons (Fsp3) is 0.188. The molecule has 0 aliphatic carbocycles. The topological polar surface area (TPSA) is 22.0 Å². The lowest BCUT2D eigenvalue weighted by atomic mass is 10.2. The second-order valence-corrected chi connectivity index (χ2v) is 4.67. The lowest BCUT2D eigenvalue weighted by Crippen LogP contribution is -2.20. The van der Waals surface area contributed by atoms with Crippen LogP contribution in [0.4, 0.5) is 8.78 Å². The van der Waals surface area contributed by atoms with Crippen LogP contribution in [-0.4, -0.2) is 4.57 Å². The smallest absolute Gasteiger partial charge is 0.250 e. The van der Waals surface area contributed by atoms with Gasteiger partial charge in [0.25, 0.3) is 5.56 Å². The molecule has 0 bridgehead atoms. The Morgan fingerprint density at radius 3 is 2.20 bits per heavy atom. The van der Waals surface area contributed by atoms with Crippen molar-refractivity contribution in [1.29, 1.82) is 0 Å².